The van der Waals surface area contributed by atoms with Crippen LogP contribution in [-0.2, 0) is 4.79 Å². The van der Waals surface area contributed by atoms with E-state index in [0.717, 1.165) is 4.47 Å². The van der Waals surface area contributed by atoms with Crippen LogP contribution in [0.4, 0.5) is 5.69 Å². The van der Waals surface area contributed by atoms with Gasteiger partial charge in [0.15, 0.2) is 12.4 Å². The van der Waals surface area contributed by atoms with Gasteiger partial charge in [0.05, 0.1) is 5.56 Å². The van der Waals surface area contributed by atoms with Gasteiger partial charge in [-0.05, 0) is 49.4 Å². The lowest BCUT2D eigenvalue weighted by atomic mass is 10.1. The van der Waals surface area contributed by atoms with Gasteiger partial charge in [-0.3, -0.25) is 14.4 Å². The molecule has 0 atom stereocenters. The third kappa shape index (κ3) is 4.66. The number of hydrogen-bond acceptors (Lipinski definition) is 4. The van der Waals surface area contributed by atoms with E-state index in [-0.39, 0.29) is 18.3 Å². The number of carbonyl (C=O) groups excluding carboxylic acids is 3. The van der Waals surface area contributed by atoms with Gasteiger partial charge in [0.25, 0.3) is 5.91 Å². The quantitative estimate of drug-likeness (QED) is 0.740. The van der Waals surface area contributed by atoms with E-state index in [1.165, 1.54) is 19.1 Å². The summed E-state index contributed by atoms with van der Waals surface area (Å²) in [7, 11) is 0. The van der Waals surface area contributed by atoms with Crippen LogP contribution >= 0.6 is 15.9 Å². The monoisotopic (exact) mass is 390 g/mol. The minimum atomic E-state index is -0.539. The van der Waals surface area contributed by atoms with Crippen LogP contribution in [0.15, 0.2) is 46.9 Å². The molecule has 0 fully saturated rings. The Morgan fingerprint density at radius 2 is 1.79 bits per heavy atom. The van der Waals surface area contributed by atoms with E-state index in [9.17, 15) is 14.4 Å². The van der Waals surface area contributed by atoms with E-state index in [1.54, 1.807) is 30.3 Å². The Morgan fingerprint density at radius 1 is 1.12 bits per heavy atom. The molecular weight excluding hydrogens is 376 g/mol. The van der Waals surface area contributed by atoms with Crippen LogP contribution in [0.3, 0.4) is 0 Å². The number of amides is 2. The zero-order valence-corrected chi connectivity index (χ0v) is 14.4. The van der Waals surface area contributed by atoms with Crippen molar-refractivity contribution in [1.82, 2.24) is 0 Å². The van der Waals surface area contributed by atoms with E-state index in [1.807, 2.05) is 0 Å². The number of nitrogens with two attached hydrogens (primary N) is 1. The largest absolute Gasteiger partial charge is 0.483 e. The number of benzene rings is 2. The summed E-state index contributed by atoms with van der Waals surface area (Å²) < 4.78 is 6.17. The number of rotatable bonds is 6. The van der Waals surface area contributed by atoms with Crippen molar-refractivity contribution in [3.63, 3.8) is 0 Å². The maximum atomic E-state index is 11.9. The van der Waals surface area contributed by atoms with E-state index in [4.69, 9.17) is 10.5 Å². The summed E-state index contributed by atoms with van der Waals surface area (Å²) in [5.74, 6) is -0.749. The molecule has 0 radical (unpaired) electrons. The number of Topliss-reactive ketones (excluding diaryl/α,β-unsaturated/α-hetero) is 1. The fraction of sp³-hybridized carbons (Fsp3) is 0.118. The molecule has 0 aromatic heterocycles. The molecule has 24 heavy (non-hydrogen) atoms. The van der Waals surface area contributed by atoms with Gasteiger partial charge < -0.3 is 15.8 Å². The van der Waals surface area contributed by atoms with Crippen molar-refractivity contribution in [1.29, 1.82) is 0 Å². The van der Waals surface area contributed by atoms with Crippen molar-refractivity contribution >= 4 is 39.2 Å². The maximum absolute atomic E-state index is 11.9. The lowest BCUT2D eigenvalue weighted by Gasteiger charge is -2.10. The molecule has 2 rings (SSSR count). The maximum Gasteiger partial charge on any atom is 0.262 e. The second-order valence-electron chi connectivity index (χ2n) is 4.98. The number of halogens is 1. The molecule has 3 N–H and O–H groups in total. The Bertz CT molecular complexity index is 788. The molecule has 0 aliphatic carbocycles. The Morgan fingerprint density at radius 3 is 2.38 bits per heavy atom. The summed E-state index contributed by atoms with van der Waals surface area (Å²) in [6, 6.07) is 11.1. The van der Waals surface area contributed by atoms with Crippen LogP contribution in [0.5, 0.6) is 5.75 Å². The minimum Gasteiger partial charge on any atom is -0.483 e. The van der Waals surface area contributed by atoms with E-state index in [2.05, 4.69) is 21.2 Å². The molecule has 124 valence electrons. The van der Waals surface area contributed by atoms with Crippen LogP contribution in [-0.4, -0.2) is 24.2 Å². The molecule has 0 heterocycles. The van der Waals surface area contributed by atoms with Crippen LogP contribution < -0.4 is 15.8 Å². The zero-order valence-electron chi connectivity index (χ0n) is 12.8. The Kier molecular flexibility index (Phi) is 5.70. The van der Waals surface area contributed by atoms with Gasteiger partial charge in [-0.2, -0.15) is 0 Å². The summed E-state index contributed by atoms with van der Waals surface area (Å²) in [4.78, 5) is 34.5. The van der Waals surface area contributed by atoms with Crippen molar-refractivity contribution in [2.45, 2.75) is 6.92 Å². The first-order valence-corrected chi connectivity index (χ1v) is 7.79. The summed E-state index contributed by atoms with van der Waals surface area (Å²) in [6.07, 6.45) is 0. The second-order valence-corrected chi connectivity index (χ2v) is 5.89. The predicted octanol–water partition coefficient (Wildman–Crippen LogP) is 2.77. The van der Waals surface area contributed by atoms with Crippen LogP contribution in [0, 0.1) is 0 Å². The Hall–Kier alpha value is -2.67. The molecular formula is C17H15BrN2O4. The number of hydrogen-bond donors (Lipinski definition) is 2. The van der Waals surface area contributed by atoms with Crippen molar-refractivity contribution in [2.24, 2.45) is 5.73 Å². The molecule has 2 amide bonds. The van der Waals surface area contributed by atoms with Gasteiger partial charge in [0.2, 0.25) is 5.91 Å². The molecule has 0 bridgehead atoms. The number of ether oxygens (including phenoxy) is 1. The molecule has 0 unspecified atom stereocenters. The highest BCUT2D eigenvalue weighted by Crippen LogP contribution is 2.23. The first-order valence-electron chi connectivity index (χ1n) is 7.00. The second kappa shape index (κ2) is 7.74. The van der Waals surface area contributed by atoms with E-state index < -0.39 is 5.91 Å². The normalized spacial score (nSPS) is 10.1. The highest BCUT2D eigenvalue weighted by Gasteiger charge is 2.11. The van der Waals surface area contributed by atoms with Gasteiger partial charge in [-0.1, -0.05) is 15.9 Å². The first-order chi connectivity index (χ1) is 11.4. The number of nitrogens with one attached hydrogen (secondary N) is 1. The first kappa shape index (κ1) is 17.7. The fourth-order valence-electron chi connectivity index (χ4n) is 1.96. The number of ketones is 1. The van der Waals surface area contributed by atoms with Gasteiger partial charge in [-0.15, -0.1) is 0 Å². The van der Waals surface area contributed by atoms with Gasteiger partial charge in [0.1, 0.15) is 5.75 Å². The van der Waals surface area contributed by atoms with E-state index >= 15 is 0 Å². The van der Waals surface area contributed by atoms with E-state index in [0.29, 0.717) is 22.6 Å². The summed E-state index contributed by atoms with van der Waals surface area (Å²) in [5, 5.41) is 2.63. The highest BCUT2D eigenvalue weighted by molar-refractivity contribution is 9.10. The zero-order chi connectivity index (χ0) is 17.7. The van der Waals surface area contributed by atoms with Gasteiger partial charge in [0, 0.05) is 15.7 Å². The molecule has 0 aliphatic rings. The summed E-state index contributed by atoms with van der Waals surface area (Å²) in [5.41, 5.74) is 6.40. The molecule has 0 saturated heterocycles. The molecule has 0 aliphatic heterocycles. The van der Waals surface area contributed by atoms with Gasteiger partial charge >= 0.3 is 0 Å². The molecule has 6 nitrogen and oxygen atoms in total. The number of anilines is 1. The predicted molar refractivity (Wildman–Crippen MR) is 93.2 cm³/mol. The number of primary amides is 1. The third-order valence-electron chi connectivity index (χ3n) is 3.13. The van der Waals surface area contributed by atoms with Crippen LogP contribution in [0.1, 0.15) is 27.6 Å². The smallest absolute Gasteiger partial charge is 0.262 e. The van der Waals surface area contributed by atoms with Crippen molar-refractivity contribution in [3.8, 4) is 5.75 Å². The minimum absolute atomic E-state index is 0.159. The van der Waals surface area contributed by atoms with Crippen LogP contribution in [0.2, 0.25) is 0 Å². The highest BCUT2D eigenvalue weighted by atomic mass is 79.9. The third-order valence-corrected chi connectivity index (χ3v) is 3.63. The topological polar surface area (TPSA) is 98.5 Å². The Balaban J connectivity index is 1.98. The molecule has 2 aromatic rings. The summed E-state index contributed by atoms with van der Waals surface area (Å²) in [6.45, 7) is 1.18. The average molecular weight is 391 g/mol. The van der Waals surface area contributed by atoms with Crippen LogP contribution in [0.25, 0.3) is 0 Å². The fourth-order valence-corrected chi connectivity index (χ4v) is 2.32. The standard InChI is InChI=1S/C17H15BrN2O4/c1-10(21)14-8-12(18)4-7-15(14)24-9-16(22)20-13-5-2-11(3-6-13)17(19)23/h2-8H,9H2,1H3,(H2,19,23)(H,20,22). The molecule has 7 heteroatoms. The number of carbonyl (C=O) groups is 3. The lowest BCUT2D eigenvalue weighted by molar-refractivity contribution is -0.118. The Labute approximate surface area is 147 Å². The van der Waals surface area contributed by atoms with Crippen molar-refractivity contribution < 1.29 is 19.1 Å². The van der Waals surface area contributed by atoms with Crippen molar-refractivity contribution in [2.75, 3.05) is 11.9 Å². The molecule has 0 saturated carbocycles. The van der Waals surface area contributed by atoms with Crippen molar-refractivity contribution in [3.05, 3.63) is 58.1 Å². The average Bonchev–Trinajstić information content (AvgIpc) is 2.54. The molecule has 2 aromatic carbocycles. The van der Waals surface area contributed by atoms with Gasteiger partial charge in [-0.25, -0.2) is 0 Å². The lowest BCUT2D eigenvalue weighted by Crippen LogP contribution is -2.21. The SMILES string of the molecule is CC(=O)c1cc(Br)ccc1OCC(=O)Nc1ccc(C(N)=O)cc1. The summed E-state index contributed by atoms with van der Waals surface area (Å²) >= 11 is 3.28. The molecule has 0 spiro atoms.